The number of H-pyrrole nitrogens is 1. The Morgan fingerprint density at radius 3 is 2.74 bits per heavy atom. The van der Waals surface area contributed by atoms with Crippen LogP contribution in [0.4, 0.5) is 0 Å². The molecule has 1 unspecified atom stereocenters. The van der Waals surface area contributed by atoms with Gasteiger partial charge < -0.3 is 14.6 Å². The highest BCUT2D eigenvalue weighted by atomic mass is 16.5. The van der Waals surface area contributed by atoms with E-state index in [0.29, 0.717) is 30.6 Å². The van der Waals surface area contributed by atoms with Crippen LogP contribution in [0.25, 0.3) is 21.9 Å². The van der Waals surface area contributed by atoms with Gasteiger partial charge in [-0.3, -0.25) is 14.7 Å². The number of benzene rings is 1. The van der Waals surface area contributed by atoms with Gasteiger partial charge in [-0.2, -0.15) is 5.26 Å². The summed E-state index contributed by atoms with van der Waals surface area (Å²) in [4.78, 5) is 29.8. The van der Waals surface area contributed by atoms with Crippen LogP contribution in [0.5, 0.6) is 5.75 Å². The van der Waals surface area contributed by atoms with Crippen LogP contribution >= 0.6 is 0 Å². The summed E-state index contributed by atoms with van der Waals surface area (Å²) in [5.74, 6) is 1.77. The third-order valence-electron chi connectivity index (χ3n) is 8.05. The van der Waals surface area contributed by atoms with Crippen molar-refractivity contribution in [1.29, 1.82) is 5.26 Å². The highest BCUT2D eigenvalue weighted by molar-refractivity contribution is 6.05. The molecule has 38 heavy (non-hydrogen) atoms. The molecule has 6 rings (SSSR count). The van der Waals surface area contributed by atoms with Crippen molar-refractivity contribution in [3.63, 3.8) is 0 Å². The highest BCUT2D eigenvalue weighted by Crippen LogP contribution is 2.35. The maximum atomic E-state index is 13.2. The molecule has 0 aliphatic carbocycles. The molecule has 1 amide bonds. The van der Waals surface area contributed by atoms with E-state index in [1.54, 1.807) is 12.1 Å². The quantitative estimate of drug-likeness (QED) is 0.412. The molecule has 2 aliphatic rings. The molecule has 0 radical (unpaired) electrons. The fourth-order valence-corrected chi connectivity index (χ4v) is 5.98. The zero-order valence-corrected chi connectivity index (χ0v) is 21.5. The number of piperidine rings is 2. The van der Waals surface area contributed by atoms with Gasteiger partial charge in [-0.05, 0) is 86.7 Å². The molecule has 1 N–H and O–H groups in total. The molecule has 5 heterocycles. The number of nitriles is 1. The summed E-state index contributed by atoms with van der Waals surface area (Å²) in [7, 11) is 0. The van der Waals surface area contributed by atoms with E-state index >= 15 is 0 Å². The summed E-state index contributed by atoms with van der Waals surface area (Å²) in [5.41, 5.74) is 3.81. The minimum absolute atomic E-state index is 0.223. The van der Waals surface area contributed by atoms with Crippen molar-refractivity contribution < 1.29 is 9.53 Å². The zero-order chi connectivity index (χ0) is 25.9. The Kier molecular flexibility index (Phi) is 6.93. The number of rotatable bonds is 6. The SMILES string of the molecule is N#Cc1ccc(OCC2CCCN(C(=O)CN3CCC(c4ccnc5cnc6[nH]ccc6c45)CC3)C2)cc1. The molecule has 0 spiro atoms. The monoisotopic (exact) mass is 508 g/mol. The van der Waals surface area contributed by atoms with E-state index in [1.807, 2.05) is 35.6 Å². The van der Waals surface area contributed by atoms with Gasteiger partial charge in [0.05, 0.1) is 36.5 Å². The number of nitrogens with one attached hydrogen (secondary N) is 1. The van der Waals surface area contributed by atoms with Gasteiger partial charge in [0, 0.05) is 42.2 Å². The maximum absolute atomic E-state index is 13.2. The Morgan fingerprint density at radius 2 is 1.92 bits per heavy atom. The Labute approximate surface area is 222 Å². The van der Waals surface area contributed by atoms with E-state index in [1.165, 1.54) is 10.9 Å². The second-order valence-corrected chi connectivity index (χ2v) is 10.5. The fourth-order valence-electron chi connectivity index (χ4n) is 5.98. The average molecular weight is 509 g/mol. The lowest BCUT2D eigenvalue weighted by atomic mass is 9.87. The van der Waals surface area contributed by atoms with Gasteiger partial charge in [-0.1, -0.05) is 0 Å². The van der Waals surface area contributed by atoms with Gasteiger partial charge >= 0.3 is 0 Å². The Bertz CT molecular complexity index is 1470. The van der Waals surface area contributed by atoms with Crippen LogP contribution in [-0.2, 0) is 4.79 Å². The number of hydrogen-bond acceptors (Lipinski definition) is 6. The Morgan fingerprint density at radius 1 is 1.08 bits per heavy atom. The second kappa shape index (κ2) is 10.8. The van der Waals surface area contributed by atoms with E-state index in [2.05, 4.69) is 38.1 Å². The smallest absolute Gasteiger partial charge is 0.236 e. The number of amides is 1. The molecule has 8 heteroatoms. The first-order valence-corrected chi connectivity index (χ1v) is 13.5. The molecule has 4 aromatic rings. The highest BCUT2D eigenvalue weighted by Gasteiger charge is 2.28. The molecular formula is C30H32N6O2. The van der Waals surface area contributed by atoms with Gasteiger partial charge in [0.2, 0.25) is 5.91 Å². The van der Waals surface area contributed by atoms with Gasteiger partial charge in [-0.15, -0.1) is 0 Å². The number of carbonyl (C=O) groups is 1. The molecule has 1 atom stereocenters. The van der Waals surface area contributed by atoms with Gasteiger partial charge in [0.25, 0.3) is 0 Å². The van der Waals surface area contributed by atoms with Crippen LogP contribution < -0.4 is 4.74 Å². The predicted molar refractivity (Wildman–Crippen MR) is 146 cm³/mol. The summed E-state index contributed by atoms with van der Waals surface area (Å²) in [6, 6.07) is 13.6. The molecule has 0 saturated carbocycles. The van der Waals surface area contributed by atoms with E-state index in [4.69, 9.17) is 10.00 Å². The normalized spacial score (nSPS) is 19.0. The lowest BCUT2D eigenvalue weighted by molar-refractivity contribution is -0.134. The third kappa shape index (κ3) is 5.07. The van der Waals surface area contributed by atoms with E-state index in [0.717, 1.165) is 74.2 Å². The van der Waals surface area contributed by atoms with E-state index in [-0.39, 0.29) is 5.91 Å². The number of ether oxygens (including phenoxy) is 1. The lowest BCUT2D eigenvalue weighted by Crippen LogP contribution is -2.47. The summed E-state index contributed by atoms with van der Waals surface area (Å²) in [6.45, 7) is 4.48. The van der Waals surface area contributed by atoms with E-state index < -0.39 is 0 Å². The van der Waals surface area contributed by atoms with Gasteiger partial charge in [-0.25, -0.2) is 4.98 Å². The van der Waals surface area contributed by atoms with Crippen molar-refractivity contribution in [2.75, 3.05) is 39.3 Å². The molecule has 8 nitrogen and oxygen atoms in total. The molecule has 194 valence electrons. The number of nitrogens with zero attached hydrogens (tertiary/aromatic N) is 5. The van der Waals surface area contributed by atoms with Gasteiger partial charge in [0.1, 0.15) is 11.4 Å². The number of likely N-dealkylation sites (tertiary alicyclic amines) is 2. The third-order valence-corrected chi connectivity index (χ3v) is 8.05. The number of carbonyl (C=O) groups excluding carboxylic acids is 1. The summed E-state index contributed by atoms with van der Waals surface area (Å²) in [6.07, 6.45) is 9.82. The zero-order valence-electron chi connectivity index (χ0n) is 21.5. The number of fused-ring (bicyclic) bond motifs is 3. The average Bonchev–Trinajstić information content (AvgIpc) is 3.46. The van der Waals surface area contributed by atoms with Crippen molar-refractivity contribution in [1.82, 2.24) is 24.8 Å². The van der Waals surface area contributed by atoms with Crippen molar-refractivity contribution in [2.24, 2.45) is 5.92 Å². The van der Waals surface area contributed by atoms with Crippen molar-refractivity contribution in [3.05, 3.63) is 66.1 Å². The predicted octanol–water partition coefficient (Wildman–Crippen LogP) is 4.48. The first-order chi connectivity index (χ1) is 18.7. The molecule has 1 aromatic carbocycles. The minimum atomic E-state index is 0.223. The van der Waals surface area contributed by atoms with Crippen LogP contribution in [0.15, 0.2) is 55.0 Å². The number of aromatic amines is 1. The van der Waals surface area contributed by atoms with Crippen molar-refractivity contribution >= 4 is 27.8 Å². The topological polar surface area (TPSA) is 98.1 Å². The molecule has 0 bridgehead atoms. The van der Waals surface area contributed by atoms with Crippen LogP contribution in [0.1, 0.15) is 42.7 Å². The molecule has 3 aromatic heterocycles. The molecular weight excluding hydrogens is 476 g/mol. The molecule has 2 fully saturated rings. The minimum Gasteiger partial charge on any atom is -0.493 e. The largest absolute Gasteiger partial charge is 0.493 e. The summed E-state index contributed by atoms with van der Waals surface area (Å²) >= 11 is 0. The van der Waals surface area contributed by atoms with Crippen molar-refractivity contribution in [2.45, 2.75) is 31.6 Å². The molecule has 2 aliphatic heterocycles. The standard InChI is InChI=1S/C30H32N6O2/c31-16-21-3-5-24(6-4-21)38-20-22-2-1-13-36(18-22)28(37)19-35-14-9-23(10-15-35)25-7-11-32-27-17-34-30-26(29(25)27)8-12-33-30/h3-8,11-12,17,22-23H,1-2,9-10,13-15,18-20H2,(H,33,34). The number of pyridine rings is 2. The first-order valence-electron chi connectivity index (χ1n) is 13.5. The lowest BCUT2D eigenvalue weighted by Gasteiger charge is -2.36. The van der Waals surface area contributed by atoms with Crippen LogP contribution in [0, 0.1) is 17.2 Å². The molecule has 2 saturated heterocycles. The number of hydrogen-bond donors (Lipinski definition) is 1. The first kappa shape index (κ1) is 24.4. The van der Waals surface area contributed by atoms with Crippen LogP contribution in [-0.4, -0.2) is 70.0 Å². The summed E-state index contributed by atoms with van der Waals surface area (Å²) < 4.78 is 5.96. The van der Waals surface area contributed by atoms with E-state index in [9.17, 15) is 4.79 Å². The van der Waals surface area contributed by atoms with Crippen LogP contribution in [0.2, 0.25) is 0 Å². The summed E-state index contributed by atoms with van der Waals surface area (Å²) in [5, 5.41) is 11.3. The van der Waals surface area contributed by atoms with Gasteiger partial charge in [0.15, 0.2) is 0 Å². The fraction of sp³-hybridized carbons (Fsp3) is 0.400. The Balaban J connectivity index is 1.03. The van der Waals surface area contributed by atoms with Crippen LogP contribution in [0.3, 0.4) is 0 Å². The maximum Gasteiger partial charge on any atom is 0.236 e. The number of aromatic nitrogens is 3. The van der Waals surface area contributed by atoms with Crippen molar-refractivity contribution in [3.8, 4) is 11.8 Å². The Hall–Kier alpha value is -3.96. The second-order valence-electron chi connectivity index (χ2n) is 10.5.